The van der Waals surface area contributed by atoms with Gasteiger partial charge < -0.3 is 20.8 Å². The van der Waals surface area contributed by atoms with Crippen LogP contribution in [0.2, 0.25) is 0 Å². The minimum atomic E-state index is -0.896. The van der Waals surface area contributed by atoms with Gasteiger partial charge in [-0.25, -0.2) is 4.79 Å². The lowest BCUT2D eigenvalue weighted by Gasteiger charge is -2.10. The van der Waals surface area contributed by atoms with Crippen LogP contribution in [-0.4, -0.2) is 29.5 Å². The van der Waals surface area contributed by atoms with Gasteiger partial charge in [-0.15, -0.1) is 0 Å². The summed E-state index contributed by atoms with van der Waals surface area (Å²) in [5.41, 5.74) is 8.84. The van der Waals surface area contributed by atoms with Gasteiger partial charge in [0.05, 0.1) is 6.54 Å². The van der Waals surface area contributed by atoms with E-state index in [0.717, 1.165) is 22.0 Å². The van der Waals surface area contributed by atoms with Gasteiger partial charge in [-0.2, -0.15) is 0 Å². The molecule has 0 saturated heterocycles. The zero-order chi connectivity index (χ0) is 18.4. The van der Waals surface area contributed by atoms with E-state index in [4.69, 9.17) is 10.5 Å². The first-order valence-corrected chi connectivity index (χ1v) is 8.43. The van der Waals surface area contributed by atoms with Crippen molar-refractivity contribution >= 4 is 22.8 Å². The van der Waals surface area contributed by atoms with Crippen LogP contribution in [0.5, 0.6) is 0 Å². The Bertz CT molecular complexity index is 889. The number of hydrogen-bond acceptors (Lipinski definition) is 5. The zero-order valence-electron chi connectivity index (χ0n) is 14.3. The maximum Gasteiger partial charge on any atom is 0.330 e. The Balaban J connectivity index is 1.47. The number of hydrogen-bond donors (Lipinski definition) is 3. The highest BCUT2D eigenvalue weighted by atomic mass is 16.6. The fraction of sp³-hybridized carbons (Fsp3) is 0.200. The predicted molar refractivity (Wildman–Crippen MR) is 99.2 cm³/mol. The van der Waals surface area contributed by atoms with Gasteiger partial charge in [-0.1, -0.05) is 48.5 Å². The van der Waals surface area contributed by atoms with Crippen LogP contribution < -0.4 is 11.1 Å². The number of aromatic nitrogens is 1. The average molecular weight is 351 g/mol. The van der Waals surface area contributed by atoms with Gasteiger partial charge in [0.1, 0.15) is 6.04 Å². The van der Waals surface area contributed by atoms with Crippen LogP contribution in [0.3, 0.4) is 0 Å². The van der Waals surface area contributed by atoms with Crippen molar-refractivity contribution in [1.29, 1.82) is 0 Å². The van der Waals surface area contributed by atoms with E-state index in [2.05, 4.69) is 10.3 Å². The summed E-state index contributed by atoms with van der Waals surface area (Å²) < 4.78 is 4.84. The molecule has 3 aromatic rings. The molecule has 0 unspecified atom stereocenters. The molecule has 2 aromatic carbocycles. The molecule has 0 radical (unpaired) electrons. The van der Waals surface area contributed by atoms with Gasteiger partial charge >= 0.3 is 11.9 Å². The maximum absolute atomic E-state index is 12.0. The molecule has 1 aromatic heterocycles. The average Bonchev–Trinajstić information content (AvgIpc) is 3.05. The minimum absolute atomic E-state index is 0.0551. The lowest BCUT2D eigenvalue weighted by molar-refractivity contribution is -0.159. The summed E-state index contributed by atoms with van der Waals surface area (Å²) in [5.74, 6) is -1.36. The Morgan fingerprint density at radius 3 is 2.62 bits per heavy atom. The molecule has 134 valence electrons. The second-order valence-corrected chi connectivity index (χ2v) is 6.05. The Labute approximate surface area is 151 Å². The van der Waals surface area contributed by atoms with E-state index in [0.29, 0.717) is 13.0 Å². The van der Waals surface area contributed by atoms with Crippen molar-refractivity contribution in [2.45, 2.75) is 19.0 Å². The monoisotopic (exact) mass is 351 g/mol. The Morgan fingerprint density at radius 1 is 1.08 bits per heavy atom. The van der Waals surface area contributed by atoms with E-state index in [9.17, 15) is 9.59 Å². The molecule has 4 N–H and O–H groups in total. The van der Waals surface area contributed by atoms with Gasteiger partial charge in [-0.3, -0.25) is 4.79 Å². The normalized spacial score (nSPS) is 12.0. The molecule has 0 saturated carbocycles. The quantitative estimate of drug-likeness (QED) is 0.446. The van der Waals surface area contributed by atoms with Crippen molar-refractivity contribution in [2.75, 3.05) is 6.54 Å². The topological polar surface area (TPSA) is 97.2 Å². The van der Waals surface area contributed by atoms with E-state index in [1.807, 2.05) is 60.8 Å². The summed E-state index contributed by atoms with van der Waals surface area (Å²) >= 11 is 0. The minimum Gasteiger partial charge on any atom is -0.391 e. The highest BCUT2D eigenvalue weighted by Crippen LogP contribution is 2.18. The zero-order valence-corrected chi connectivity index (χ0v) is 14.3. The Hall–Kier alpha value is -2.96. The van der Waals surface area contributed by atoms with Crippen LogP contribution in [0.1, 0.15) is 11.1 Å². The lowest BCUT2D eigenvalue weighted by Crippen LogP contribution is -2.37. The predicted octanol–water partition coefficient (Wildman–Crippen LogP) is 1.90. The molecule has 0 aliphatic heterocycles. The molecule has 0 bridgehead atoms. The molecular formula is C20H21N3O3. The number of nitrogens with one attached hydrogen (secondary N) is 2. The Kier molecular flexibility index (Phi) is 5.78. The first-order valence-electron chi connectivity index (χ1n) is 8.43. The van der Waals surface area contributed by atoms with E-state index in [1.54, 1.807) is 0 Å². The second kappa shape index (κ2) is 8.42. The van der Waals surface area contributed by atoms with Crippen molar-refractivity contribution in [1.82, 2.24) is 10.3 Å². The number of para-hydroxylation sites is 1. The summed E-state index contributed by atoms with van der Waals surface area (Å²) in [6.45, 7) is 0.464. The van der Waals surface area contributed by atoms with Gasteiger partial charge in [-0.05, 0) is 17.2 Å². The third-order valence-electron chi connectivity index (χ3n) is 4.07. The number of benzene rings is 2. The summed E-state index contributed by atoms with van der Waals surface area (Å²) in [4.78, 5) is 27.0. The van der Waals surface area contributed by atoms with Crippen molar-refractivity contribution in [3.05, 3.63) is 71.9 Å². The first-order chi connectivity index (χ1) is 12.6. The van der Waals surface area contributed by atoms with Crippen molar-refractivity contribution in [3.63, 3.8) is 0 Å². The maximum atomic E-state index is 12.0. The molecule has 0 amide bonds. The summed E-state index contributed by atoms with van der Waals surface area (Å²) in [6.07, 6.45) is 2.12. The Morgan fingerprint density at radius 2 is 1.81 bits per heavy atom. The number of rotatable bonds is 7. The molecule has 6 nitrogen and oxygen atoms in total. The van der Waals surface area contributed by atoms with Gasteiger partial charge in [0.2, 0.25) is 0 Å². The van der Waals surface area contributed by atoms with Crippen LogP contribution in [0.4, 0.5) is 0 Å². The molecule has 3 rings (SSSR count). The van der Waals surface area contributed by atoms with Gasteiger partial charge in [0, 0.05) is 30.1 Å². The van der Waals surface area contributed by atoms with Gasteiger partial charge in [0.15, 0.2) is 0 Å². The number of aromatic amines is 1. The molecule has 0 aliphatic rings. The van der Waals surface area contributed by atoms with Crippen molar-refractivity contribution < 1.29 is 14.3 Å². The van der Waals surface area contributed by atoms with Crippen LogP contribution in [0.25, 0.3) is 10.9 Å². The number of ether oxygens (including phenoxy) is 1. The number of H-pyrrole nitrogens is 1. The lowest BCUT2D eigenvalue weighted by atomic mass is 10.1. The number of esters is 2. The molecule has 0 aliphatic carbocycles. The van der Waals surface area contributed by atoms with E-state index in [1.165, 1.54) is 0 Å². The number of carbonyl (C=O) groups excluding carboxylic acids is 2. The van der Waals surface area contributed by atoms with Crippen LogP contribution in [0, 0.1) is 0 Å². The number of carbonyl (C=O) groups is 2. The number of nitrogens with two attached hydrogens (primary N) is 1. The fourth-order valence-corrected chi connectivity index (χ4v) is 2.75. The van der Waals surface area contributed by atoms with Crippen LogP contribution in [0.15, 0.2) is 60.8 Å². The summed E-state index contributed by atoms with van der Waals surface area (Å²) in [7, 11) is 0. The standard InChI is InChI=1S/C20H21N3O3/c21-17(10-15-12-23-18-9-5-4-8-16(15)18)20(25)26-19(24)13-22-11-14-6-2-1-3-7-14/h1-9,12,17,22-23H,10-11,13,21H2/t17-/m0/s1. The van der Waals surface area contributed by atoms with Crippen molar-refractivity contribution in [2.24, 2.45) is 5.73 Å². The molecule has 0 spiro atoms. The largest absolute Gasteiger partial charge is 0.391 e. The molecule has 26 heavy (non-hydrogen) atoms. The molecule has 1 heterocycles. The van der Waals surface area contributed by atoms with Crippen molar-refractivity contribution in [3.8, 4) is 0 Å². The molecule has 1 atom stereocenters. The SMILES string of the molecule is N[C@@H](Cc1c[nH]c2ccccc12)C(=O)OC(=O)CNCc1ccccc1. The fourth-order valence-electron chi connectivity index (χ4n) is 2.75. The second-order valence-electron chi connectivity index (χ2n) is 6.05. The van der Waals surface area contributed by atoms with Crippen LogP contribution in [-0.2, 0) is 27.3 Å². The number of fused-ring (bicyclic) bond motifs is 1. The van der Waals surface area contributed by atoms with Crippen LogP contribution >= 0.6 is 0 Å². The molecule has 6 heteroatoms. The third kappa shape index (κ3) is 4.56. The summed E-state index contributed by atoms with van der Waals surface area (Å²) in [6, 6.07) is 16.5. The van der Waals surface area contributed by atoms with E-state index < -0.39 is 18.0 Å². The van der Waals surface area contributed by atoms with Gasteiger partial charge in [0.25, 0.3) is 0 Å². The smallest absolute Gasteiger partial charge is 0.330 e. The van der Waals surface area contributed by atoms with E-state index >= 15 is 0 Å². The third-order valence-corrected chi connectivity index (χ3v) is 4.07. The highest BCUT2D eigenvalue weighted by molar-refractivity contribution is 5.90. The highest BCUT2D eigenvalue weighted by Gasteiger charge is 2.20. The molecular weight excluding hydrogens is 330 g/mol. The summed E-state index contributed by atoms with van der Waals surface area (Å²) in [5, 5.41) is 3.95. The molecule has 0 fully saturated rings. The first kappa shape index (κ1) is 17.8. The van der Waals surface area contributed by atoms with E-state index in [-0.39, 0.29) is 6.54 Å².